The molecule has 1 rings (SSSR count). The third-order valence-corrected chi connectivity index (χ3v) is 2.86. The third-order valence-electron chi connectivity index (χ3n) is 2.86. The van der Waals surface area contributed by atoms with E-state index >= 15 is 0 Å². The van der Waals surface area contributed by atoms with Crippen LogP contribution in [0, 0.1) is 5.41 Å². The van der Waals surface area contributed by atoms with Crippen molar-refractivity contribution < 1.29 is 29.3 Å². The fourth-order valence-corrected chi connectivity index (χ4v) is 1.73. The van der Waals surface area contributed by atoms with E-state index in [2.05, 4.69) is 0 Å². The average Bonchev–Trinajstić information content (AvgIpc) is 2.44. The van der Waals surface area contributed by atoms with Gasteiger partial charge < -0.3 is 26.4 Å². The molecular formula is C14H17N3O6. The van der Waals surface area contributed by atoms with Crippen molar-refractivity contribution in [3.8, 4) is 5.75 Å². The van der Waals surface area contributed by atoms with Gasteiger partial charge in [0.2, 0.25) is 5.78 Å². The highest BCUT2D eigenvalue weighted by molar-refractivity contribution is 6.33. The van der Waals surface area contributed by atoms with Crippen LogP contribution < -0.4 is 16.2 Å². The van der Waals surface area contributed by atoms with Crippen LogP contribution in [-0.4, -0.2) is 46.4 Å². The van der Waals surface area contributed by atoms with Crippen molar-refractivity contribution >= 4 is 23.6 Å². The Hall–Kier alpha value is -2.94. The number of rotatable bonds is 9. The van der Waals surface area contributed by atoms with E-state index in [9.17, 15) is 14.4 Å². The van der Waals surface area contributed by atoms with Crippen molar-refractivity contribution in [1.82, 2.24) is 0 Å². The molecule has 0 spiro atoms. The number of Topliss-reactive ketones (excluding diaryl/α,β-unsaturated/α-hetero) is 1. The smallest absolute Gasteiger partial charge is 0.372 e. The van der Waals surface area contributed by atoms with E-state index in [1.165, 1.54) is 18.2 Å². The molecule has 9 heteroatoms. The number of carboxylic acid groups (broad SMARTS) is 2. The monoisotopic (exact) mass is 323 g/mol. The molecule has 0 aromatic heterocycles. The summed E-state index contributed by atoms with van der Waals surface area (Å²) < 4.78 is 5.39. The van der Waals surface area contributed by atoms with Crippen LogP contribution in [0.1, 0.15) is 17.5 Å². The number of benzene rings is 1. The fraction of sp³-hybridized carbons (Fsp3) is 0.286. The molecule has 124 valence electrons. The van der Waals surface area contributed by atoms with Gasteiger partial charge in [0.25, 0.3) is 0 Å². The Morgan fingerprint density at radius 3 is 2.43 bits per heavy atom. The number of hydrogen-bond acceptors (Lipinski definition) is 6. The lowest BCUT2D eigenvalue weighted by Gasteiger charge is -2.15. The van der Waals surface area contributed by atoms with Crippen molar-refractivity contribution in [2.75, 3.05) is 6.61 Å². The van der Waals surface area contributed by atoms with Gasteiger partial charge in [-0.1, -0.05) is 12.1 Å². The highest BCUT2D eigenvalue weighted by atomic mass is 16.5. The van der Waals surface area contributed by atoms with Gasteiger partial charge in [0.15, 0.2) is 0 Å². The first-order valence-corrected chi connectivity index (χ1v) is 6.54. The number of carbonyl (C=O) groups excluding carboxylic acids is 1. The van der Waals surface area contributed by atoms with E-state index < -0.39 is 30.2 Å². The maximum Gasteiger partial charge on any atom is 0.372 e. The van der Waals surface area contributed by atoms with E-state index in [4.69, 9.17) is 31.8 Å². The molecule has 1 aromatic carbocycles. The fourth-order valence-electron chi connectivity index (χ4n) is 1.73. The van der Waals surface area contributed by atoms with Gasteiger partial charge in [-0.3, -0.25) is 15.0 Å². The largest absolute Gasteiger partial charge is 0.492 e. The normalized spacial score (nSPS) is 11.5. The molecule has 0 saturated carbocycles. The Morgan fingerprint density at radius 2 is 1.91 bits per heavy atom. The predicted molar refractivity (Wildman–Crippen MR) is 79.5 cm³/mol. The Balaban J connectivity index is 2.97. The average molecular weight is 323 g/mol. The van der Waals surface area contributed by atoms with Gasteiger partial charge in [0.1, 0.15) is 18.2 Å². The van der Waals surface area contributed by atoms with Crippen molar-refractivity contribution in [2.45, 2.75) is 18.9 Å². The molecule has 7 N–H and O–H groups in total. The Morgan fingerprint density at radius 1 is 1.26 bits per heavy atom. The summed E-state index contributed by atoms with van der Waals surface area (Å²) in [5.74, 6) is -3.79. The lowest BCUT2D eigenvalue weighted by molar-refractivity contribution is -0.148. The molecule has 23 heavy (non-hydrogen) atoms. The van der Waals surface area contributed by atoms with Crippen LogP contribution in [0.4, 0.5) is 0 Å². The zero-order valence-electron chi connectivity index (χ0n) is 12.1. The van der Waals surface area contributed by atoms with E-state index in [0.717, 1.165) is 0 Å². The number of nitrogens with two attached hydrogens (primary N) is 2. The first kappa shape index (κ1) is 18.1. The summed E-state index contributed by atoms with van der Waals surface area (Å²) in [6.07, 6.45) is -0.715. The minimum atomic E-state index is -1.57. The van der Waals surface area contributed by atoms with Crippen LogP contribution in [0.15, 0.2) is 18.2 Å². The lowest BCUT2D eigenvalue weighted by atomic mass is 10.0. The molecule has 0 aliphatic heterocycles. The number of aliphatic carboxylic acids is 2. The summed E-state index contributed by atoms with van der Waals surface area (Å²) >= 11 is 0. The lowest BCUT2D eigenvalue weighted by Crippen LogP contribution is -2.30. The van der Waals surface area contributed by atoms with Crippen LogP contribution >= 0.6 is 0 Å². The summed E-state index contributed by atoms with van der Waals surface area (Å²) in [7, 11) is 0. The van der Waals surface area contributed by atoms with Gasteiger partial charge in [-0.25, -0.2) is 4.79 Å². The molecule has 0 fully saturated rings. The van der Waals surface area contributed by atoms with Crippen molar-refractivity contribution in [3.63, 3.8) is 0 Å². The van der Waals surface area contributed by atoms with Crippen LogP contribution in [0.2, 0.25) is 0 Å². The maximum atomic E-state index is 11.3. The first-order chi connectivity index (χ1) is 10.7. The second kappa shape index (κ2) is 7.90. The molecular weight excluding hydrogens is 306 g/mol. The number of ketones is 1. The summed E-state index contributed by atoms with van der Waals surface area (Å²) in [4.78, 5) is 32.6. The van der Waals surface area contributed by atoms with Crippen LogP contribution in [0.5, 0.6) is 5.75 Å². The summed E-state index contributed by atoms with van der Waals surface area (Å²) in [6.45, 7) is -0.151. The SMILES string of the molecule is N=C(N)c1ccc(CC(=O)C(=O)O)c(OC[C@H](N)CC(=O)O)c1. The van der Waals surface area contributed by atoms with E-state index in [-0.39, 0.29) is 30.2 Å². The summed E-state index contributed by atoms with van der Waals surface area (Å²) in [6, 6.07) is 3.48. The quantitative estimate of drug-likeness (QED) is 0.226. The van der Waals surface area contributed by atoms with Crippen LogP contribution in [0.25, 0.3) is 0 Å². The van der Waals surface area contributed by atoms with Crippen LogP contribution in [-0.2, 0) is 20.8 Å². The van der Waals surface area contributed by atoms with Gasteiger partial charge in [-0.2, -0.15) is 0 Å². The molecule has 0 aliphatic rings. The van der Waals surface area contributed by atoms with Crippen LogP contribution in [0.3, 0.4) is 0 Å². The van der Waals surface area contributed by atoms with Gasteiger partial charge in [-0.05, 0) is 6.07 Å². The highest BCUT2D eigenvalue weighted by Crippen LogP contribution is 2.22. The molecule has 0 aliphatic carbocycles. The molecule has 0 heterocycles. The number of nitrogens with one attached hydrogen (secondary N) is 1. The topological polar surface area (TPSA) is 177 Å². The van der Waals surface area contributed by atoms with Gasteiger partial charge in [0.05, 0.1) is 6.42 Å². The standard InChI is InChI=1S/C14H17N3O6/c15-9(5-12(19)20)6-23-11-4-8(13(16)17)2-1-7(11)3-10(18)14(21)22/h1-2,4,9H,3,5-6,15H2,(H3,16,17)(H,19,20)(H,21,22)/t9-/m1/s1. The number of carbonyl (C=O) groups is 3. The Labute approximate surface area is 131 Å². The second-order valence-electron chi connectivity index (χ2n) is 4.81. The second-order valence-corrected chi connectivity index (χ2v) is 4.81. The number of carboxylic acids is 2. The van der Waals surface area contributed by atoms with Gasteiger partial charge >= 0.3 is 11.9 Å². The van der Waals surface area contributed by atoms with Gasteiger partial charge in [0, 0.05) is 23.6 Å². The van der Waals surface area contributed by atoms with Gasteiger partial charge in [-0.15, -0.1) is 0 Å². The predicted octanol–water partition coefficient (Wildman–Crippen LogP) is -0.652. The van der Waals surface area contributed by atoms with Crippen molar-refractivity contribution in [2.24, 2.45) is 11.5 Å². The first-order valence-electron chi connectivity index (χ1n) is 6.54. The van der Waals surface area contributed by atoms with E-state index in [0.29, 0.717) is 5.56 Å². The zero-order chi connectivity index (χ0) is 17.6. The number of amidine groups is 1. The Bertz CT molecular complexity index is 643. The number of ether oxygens (including phenoxy) is 1. The summed E-state index contributed by atoms with van der Waals surface area (Å²) in [5, 5.41) is 24.7. The summed E-state index contributed by atoms with van der Waals surface area (Å²) in [5.41, 5.74) is 11.6. The molecule has 0 amide bonds. The minimum absolute atomic E-state index is 0.133. The molecule has 0 unspecified atom stereocenters. The highest BCUT2D eigenvalue weighted by Gasteiger charge is 2.17. The molecule has 9 nitrogen and oxygen atoms in total. The maximum absolute atomic E-state index is 11.3. The van der Waals surface area contributed by atoms with E-state index in [1.54, 1.807) is 0 Å². The van der Waals surface area contributed by atoms with Crippen molar-refractivity contribution in [3.05, 3.63) is 29.3 Å². The molecule has 0 radical (unpaired) electrons. The molecule has 1 atom stereocenters. The zero-order valence-corrected chi connectivity index (χ0v) is 12.1. The number of nitrogen functional groups attached to an aromatic ring is 1. The molecule has 1 aromatic rings. The molecule has 0 saturated heterocycles. The number of hydrogen-bond donors (Lipinski definition) is 5. The Kier molecular flexibility index (Phi) is 6.22. The molecule has 0 bridgehead atoms. The van der Waals surface area contributed by atoms with E-state index in [1.807, 2.05) is 0 Å². The minimum Gasteiger partial charge on any atom is -0.492 e. The van der Waals surface area contributed by atoms with Crippen molar-refractivity contribution in [1.29, 1.82) is 5.41 Å². The third kappa shape index (κ3) is 5.75.